The van der Waals surface area contributed by atoms with Crippen LogP contribution in [-0.4, -0.2) is 10.6 Å². The van der Waals surface area contributed by atoms with Crippen molar-refractivity contribution in [2.24, 2.45) is 16.9 Å². The van der Waals surface area contributed by atoms with E-state index >= 15 is 0 Å². The van der Waals surface area contributed by atoms with Crippen LogP contribution in [0.1, 0.15) is 27.7 Å². The Morgan fingerprint density at radius 1 is 1.05 bits per heavy atom. The van der Waals surface area contributed by atoms with Crippen molar-refractivity contribution >= 4 is 36.8 Å². The van der Waals surface area contributed by atoms with E-state index in [4.69, 9.17) is 5.10 Å². The lowest BCUT2D eigenvalue weighted by Crippen LogP contribution is -2.20. The maximum atomic E-state index is 4.94. The monoisotopic (exact) mass is 304 g/mol. The summed E-state index contributed by atoms with van der Waals surface area (Å²) in [5.74, 6) is 1.03. The van der Waals surface area contributed by atoms with Crippen LogP contribution in [0.5, 0.6) is 0 Å². The zero-order valence-corrected chi connectivity index (χ0v) is 14.0. The van der Waals surface area contributed by atoms with Crippen LogP contribution in [-0.2, 0) is 0 Å². The Morgan fingerprint density at radius 3 is 2.35 bits per heavy atom. The third-order valence-corrected chi connectivity index (χ3v) is 7.13. The molecule has 1 aromatic rings. The molecule has 0 radical (unpaired) electrons. The molecule has 0 aromatic heterocycles. The Bertz CT molecular complexity index is 613. The van der Waals surface area contributed by atoms with Gasteiger partial charge in [0.05, 0.1) is 16.3 Å². The van der Waals surface area contributed by atoms with E-state index in [2.05, 4.69) is 67.8 Å². The molecule has 0 saturated carbocycles. The first-order valence-corrected chi connectivity index (χ1v) is 9.60. The van der Waals surface area contributed by atoms with Crippen LogP contribution in [0.2, 0.25) is 0 Å². The molecule has 0 fully saturated rings. The second-order valence-electron chi connectivity index (χ2n) is 5.65. The molecule has 3 rings (SSSR count). The van der Waals surface area contributed by atoms with Gasteiger partial charge in [0.2, 0.25) is 0 Å². The van der Waals surface area contributed by atoms with Crippen LogP contribution < -0.4 is 4.41 Å². The van der Waals surface area contributed by atoms with Gasteiger partial charge in [-0.2, -0.15) is 5.10 Å². The Balaban J connectivity index is 2.07. The summed E-state index contributed by atoms with van der Waals surface area (Å²) >= 11 is 0. The number of para-hydroxylation sites is 1. The molecule has 2 heterocycles. The van der Waals surface area contributed by atoms with Crippen LogP contribution in [0.15, 0.2) is 46.4 Å². The normalized spacial score (nSPS) is 21.6. The van der Waals surface area contributed by atoms with E-state index in [1.165, 1.54) is 21.8 Å². The average Bonchev–Trinajstić information content (AvgIpc) is 2.98. The van der Waals surface area contributed by atoms with Gasteiger partial charge in [-0.15, -0.1) is 0 Å². The SMILES string of the molecule is CC(C)C1=CSS2=C1C(C(C)C)=NN2c1ccccc1. The molecule has 0 aliphatic carbocycles. The highest BCUT2D eigenvalue weighted by Crippen LogP contribution is 2.52. The summed E-state index contributed by atoms with van der Waals surface area (Å²) in [6.07, 6.45) is 0. The zero-order chi connectivity index (χ0) is 14.3. The third-order valence-electron chi connectivity index (χ3n) is 3.44. The van der Waals surface area contributed by atoms with Crippen molar-refractivity contribution in [3.8, 4) is 0 Å². The fourth-order valence-electron chi connectivity index (χ4n) is 2.33. The largest absolute Gasteiger partial charge is 0.203 e. The molecule has 2 nitrogen and oxygen atoms in total. The van der Waals surface area contributed by atoms with Crippen molar-refractivity contribution in [1.82, 2.24) is 0 Å². The Hall–Kier alpha value is -1.00. The third kappa shape index (κ3) is 2.25. The predicted molar refractivity (Wildman–Crippen MR) is 94.3 cm³/mol. The summed E-state index contributed by atoms with van der Waals surface area (Å²) in [7, 11) is 1.93. The van der Waals surface area contributed by atoms with Crippen molar-refractivity contribution in [2.45, 2.75) is 27.7 Å². The molecule has 0 saturated heterocycles. The van der Waals surface area contributed by atoms with Crippen molar-refractivity contribution in [1.29, 1.82) is 0 Å². The molecule has 2 aliphatic rings. The average molecular weight is 304 g/mol. The van der Waals surface area contributed by atoms with Gasteiger partial charge in [-0.25, -0.2) is 4.41 Å². The number of hydrogen-bond acceptors (Lipinski definition) is 3. The molecule has 0 N–H and O–H groups in total. The lowest BCUT2D eigenvalue weighted by molar-refractivity contribution is 0.807. The van der Waals surface area contributed by atoms with Gasteiger partial charge >= 0.3 is 0 Å². The second-order valence-corrected chi connectivity index (χ2v) is 8.86. The van der Waals surface area contributed by atoms with Gasteiger partial charge in [-0.1, -0.05) is 45.9 Å². The van der Waals surface area contributed by atoms with E-state index in [0.29, 0.717) is 11.8 Å². The molecule has 0 bridgehead atoms. The molecule has 20 heavy (non-hydrogen) atoms. The van der Waals surface area contributed by atoms with E-state index in [0.717, 1.165) is 0 Å². The summed E-state index contributed by atoms with van der Waals surface area (Å²) < 4.78 is 2.21. The first-order chi connectivity index (χ1) is 9.59. The minimum absolute atomic E-state index is 0.0124. The topological polar surface area (TPSA) is 15.6 Å². The molecule has 4 heteroatoms. The van der Waals surface area contributed by atoms with Gasteiger partial charge in [0.25, 0.3) is 0 Å². The Kier molecular flexibility index (Phi) is 3.78. The van der Waals surface area contributed by atoms with Gasteiger partial charge in [0.15, 0.2) is 0 Å². The van der Waals surface area contributed by atoms with Crippen molar-refractivity contribution in [3.63, 3.8) is 0 Å². The Morgan fingerprint density at radius 2 is 1.75 bits per heavy atom. The fourth-order valence-corrected chi connectivity index (χ4v) is 6.79. The second kappa shape index (κ2) is 5.41. The van der Waals surface area contributed by atoms with Gasteiger partial charge in [0, 0.05) is 9.70 Å². The lowest BCUT2D eigenvalue weighted by atomic mass is 9.94. The van der Waals surface area contributed by atoms with E-state index < -0.39 is 0 Å². The van der Waals surface area contributed by atoms with Gasteiger partial charge in [-0.05, 0) is 45.7 Å². The molecule has 1 aromatic carbocycles. The molecule has 1 unspecified atom stereocenters. The highest BCUT2D eigenvalue weighted by Gasteiger charge is 2.34. The first kappa shape index (κ1) is 14.0. The van der Waals surface area contributed by atoms with Crippen molar-refractivity contribution in [3.05, 3.63) is 41.3 Å². The smallest absolute Gasteiger partial charge is 0.0802 e. The number of allylic oxidation sites excluding steroid dienone is 1. The van der Waals surface area contributed by atoms with E-state index in [1.807, 2.05) is 10.8 Å². The van der Waals surface area contributed by atoms with Gasteiger partial charge < -0.3 is 0 Å². The summed E-state index contributed by atoms with van der Waals surface area (Å²) in [4.78, 5) is 1.48. The van der Waals surface area contributed by atoms with Gasteiger partial charge in [0.1, 0.15) is 0 Å². The van der Waals surface area contributed by atoms with Crippen LogP contribution in [0.3, 0.4) is 0 Å². The number of anilines is 1. The fraction of sp³-hybridized carbons (Fsp3) is 0.375. The number of rotatable bonds is 3. The minimum atomic E-state index is 0.0124. The Labute approximate surface area is 127 Å². The van der Waals surface area contributed by atoms with Crippen LogP contribution in [0, 0.1) is 11.8 Å². The van der Waals surface area contributed by atoms with Crippen LogP contribution in [0.25, 0.3) is 0 Å². The summed E-state index contributed by atoms with van der Waals surface area (Å²) in [5, 5.41) is 7.28. The number of hydrogen-bond donors (Lipinski definition) is 0. The highest BCUT2D eigenvalue weighted by atomic mass is 33.1. The van der Waals surface area contributed by atoms with Gasteiger partial charge in [-0.3, -0.25) is 0 Å². The maximum absolute atomic E-state index is 4.94. The predicted octanol–water partition coefficient (Wildman–Crippen LogP) is 5.08. The summed E-state index contributed by atoms with van der Waals surface area (Å²) in [6, 6.07) is 10.5. The number of benzene rings is 1. The number of hydrazone groups is 1. The molecule has 1 atom stereocenters. The van der Waals surface area contributed by atoms with Crippen LogP contribution >= 0.6 is 20.5 Å². The van der Waals surface area contributed by atoms with Crippen LogP contribution in [0.4, 0.5) is 5.69 Å². The van der Waals surface area contributed by atoms with E-state index in [1.54, 1.807) is 0 Å². The highest BCUT2D eigenvalue weighted by molar-refractivity contribution is 8.86. The molecule has 2 aliphatic heterocycles. The standard InChI is InChI=1S/C16H20N2S2/c1-11(2)14-10-19-20-16(14)15(12(3)4)17-18(20)13-8-6-5-7-9-13/h5-12H,1-4H3. The minimum Gasteiger partial charge on any atom is -0.203 e. The van der Waals surface area contributed by atoms with Crippen molar-refractivity contribution < 1.29 is 0 Å². The van der Waals surface area contributed by atoms with E-state index in [-0.39, 0.29) is 9.70 Å². The first-order valence-electron chi connectivity index (χ1n) is 7.02. The molecule has 0 spiro atoms. The zero-order valence-electron chi connectivity index (χ0n) is 12.3. The summed E-state index contributed by atoms with van der Waals surface area (Å²) in [6.45, 7) is 9.02. The maximum Gasteiger partial charge on any atom is 0.0802 e. The number of nitrogens with zero attached hydrogens (tertiary/aromatic N) is 2. The van der Waals surface area contributed by atoms with E-state index in [9.17, 15) is 0 Å². The molecular weight excluding hydrogens is 284 g/mol. The quantitative estimate of drug-likeness (QED) is 0.572. The molecule has 106 valence electrons. The lowest BCUT2D eigenvalue weighted by Gasteiger charge is -2.16. The summed E-state index contributed by atoms with van der Waals surface area (Å²) in [5.41, 5.74) is 3.93. The van der Waals surface area contributed by atoms with Crippen molar-refractivity contribution in [2.75, 3.05) is 4.41 Å². The molecular formula is C16H20N2S2. The molecule has 0 amide bonds.